The van der Waals surface area contributed by atoms with Crippen molar-refractivity contribution < 1.29 is 4.74 Å². The second-order valence-corrected chi connectivity index (χ2v) is 6.24. The van der Waals surface area contributed by atoms with Gasteiger partial charge in [0.1, 0.15) is 0 Å². The van der Waals surface area contributed by atoms with E-state index in [2.05, 4.69) is 24.1 Å². The maximum Gasteiger partial charge on any atom is 0.0700 e. The molecule has 3 heteroatoms. The van der Waals surface area contributed by atoms with Crippen molar-refractivity contribution in [3.05, 3.63) is 0 Å². The summed E-state index contributed by atoms with van der Waals surface area (Å²) in [5.74, 6) is 0.912. The van der Waals surface area contributed by atoms with Crippen molar-refractivity contribution in [3.63, 3.8) is 0 Å². The Morgan fingerprint density at radius 2 is 2.16 bits per heavy atom. The van der Waals surface area contributed by atoms with Crippen LogP contribution in [0.3, 0.4) is 0 Å². The van der Waals surface area contributed by atoms with E-state index in [1.54, 1.807) is 0 Å². The molecule has 0 aromatic heterocycles. The van der Waals surface area contributed by atoms with Gasteiger partial charge < -0.3 is 10.1 Å². The van der Waals surface area contributed by atoms with Crippen molar-refractivity contribution in [2.75, 3.05) is 32.8 Å². The summed E-state index contributed by atoms with van der Waals surface area (Å²) in [6.45, 7) is 10.2. The number of nitrogens with zero attached hydrogens (tertiary/aromatic N) is 1. The fourth-order valence-corrected chi connectivity index (χ4v) is 3.56. The fourth-order valence-electron chi connectivity index (χ4n) is 3.56. The monoisotopic (exact) mass is 268 g/mol. The standard InChI is InChI=1S/C16H32N2O/c1-3-9-17-16-7-5-6-14(16)8-10-18-11-12-19-15(4-2)13-18/h14-17H,3-13H2,1-2H3. The summed E-state index contributed by atoms with van der Waals surface area (Å²) >= 11 is 0. The van der Waals surface area contributed by atoms with Gasteiger partial charge in [-0.15, -0.1) is 0 Å². The van der Waals surface area contributed by atoms with Crippen LogP contribution in [0.2, 0.25) is 0 Å². The second kappa shape index (κ2) is 8.23. The number of morpholine rings is 1. The van der Waals surface area contributed by atoms with E-state index in [0.717, 1.165) is 38.1 Å². The van der Waals surface area contributed by atoms with Gasteiger partial charge in [-0.3, -0.25) is 4.90 Å². The number of hydrogen-bond donors (Lipinski definition) is 1. The van der Waals surface area contributed by atoms with Gasteiger partial charge in [0.15, 0.2) is 0 Å². The van der Waals surface area contributed by atoms with Crippen molar-refractivity contribution in [1.82, 2.24) is 10.2 Å². The average Bonchev–Trinajstić information content (AvgIpc) is 2.90. The van der Waals surface area contributed by atoms with Gasteiger partial charge in [-0.25, -0.2) is 0 Å². The van der Waals surface area contributed by atoms with Gasteiger partial charge in [0.2, 0.25) is 0 Å². The van der Waals surface area contributed by atoms with Crippen LogP contribution in [0.5, 0.6) is 0 Å². The molecule has 1 saturated carbocycles. The SMILES string of the molecule is CCCNC1CCCC1CCN1CCOC(CC)C1. The van der Waals surface area contributed by atoms with Crippen LogP contribution in [0.25, 0.3) is 0 Å². The lowest BCUT2D eigenvalue weighted by molar-refractivity contribution is -0.0311. The zero-order chi connectivity index (χ0) is 13.5. The lowest BCUT2D eigenvalue weighted by atomic mass is 9.99. The number of nitrogens with one attached hydrogen (secondary N) is 1. The molecule has 0 aromatic carbocycles. The fraction of sp³-hybridized carbons (Fsp3) is 1.00. The summed E-state index contributed by atoms with van der Waals surface area (Å²) < 4.78 is 5.75. The van der Waals surface area contributed by atoms with Crippen molar-refractivity contribution in [3.8, 4) is 0 Å². The Morgan fingerprint density at radius 3 is 2.95 bits per heavy atom. The molecule has 0 radical (unpaired) electrons. The molecule has 2 aliphatic rings. The first-order valence-corrected chi connectivity index (χ1v) is 8.40. The van der Waals surface area contributed by atoms with Crippen LogP contribution < -0.4 is 5.32 Å². The molecule has 1 heterocycles. The highest BCUT2D eigenvalue weighted by molar-refractivity contribution is 4.84. The Bertz CT molecular complexity index is 247. The Balaban J connectivity index is 1.68. The van der Waals surface area contributed by atoms with E-state index in [9.17, 15) is 0 Å². The first kappa shape index (κ1) is 15.3. The lowest BCUT2D eigenvalue weighted by Gasteiger charge is -2.33. The summed E-state index contributed by atoms with van der Waals surface area (Å²) in [7, 11) is 0. The van der Waals surface area contributed by atoms with Crippen molar-refractivity contribution in [2.45, 2.75) is 64.5 Å². The van der Waals surface area contributed by atoms with E-state index in [0.29, 0.717) is 6.10 Å². The van der Waals surface area contributed by atoms with Crippen LogP contribution >= 0.6 is 0 Å². The Labute approximate surface area is 119 Å². The Morgan fingerprint density at radius 1 is 1.26 bits per heavy atom. The minimum Gasteiger partial charge on any atom is -0.376 e. The molecule has 1 aliphatic carbocycles. The normalized spacial score (nSPS) is 32.8. The number of rotatable bonds is 7. The molecule has 2 rings (SSSR count). The van der Waals surface area contributed by atoms with Gasteiger partial charge in [0.25, 0.3) is 0 Å². The zero-order valence-corrected chi connectivity index (χ0v) is 12.9. The van der Waals surface area contributed by atoms with Crippen LogP contribution in [0.15, 0.2) is 0 Å². The summed E-state index contributed by atoms with van der Waals surface area (Å²) in [4.78, 5) is 2.62. The summed E-state index contributed by atoms with van der Waals surface area (Å²) in [6, 6.07) is 0.794. The van der Waals surface area contributed by atoms with Crippen molar-refractivity contribution in [1.29, 1.82) is 0 Å². The number of ether oxygens (including phenoxy) is 1. The topological polar surface area (TPSA) is 24.5 Å². The third-order valence-corrected chi connectivity index (χ3v) is 4.81. The zero-order valence-electron chi connectivity index (χ0n) is 12.9. The van der Waals surface area contributed by atoms with E-state index in [4.69, 9.17) is 4.74 Å². The molecule has 19 heavy (non-hydrogen) atoms. The predicted molar refractivity (Wildman–Crippen MR) is 80.5 cm³/mol. The van der Waals surface area contributed by atoms with Crippen molar-refractivity contribution >= 4 is 0 Å². The molecule has 2 fully saturated rings. The molecule has 0 spiro atoms. The molecular weight excluding hydrogens is 236 g/mol. The minimum atomic E-state index is 0.478. The van der Waals surface area contributed by atoms with Gasteiger partial charge in [-0.2, -0.15) is 0 Å². The highest BCUT2D eigenvalue weighted by atomic mass is 16.5. The van der Waals surface area contributed by atoms with E-state index in [1.807, 2.05) is 0 Å². The maximum atomic E-state index is 5.75. The maximum absolute atomic E-state index is 5.75. The highest BCUT2D eigenvalue weighted by Crippen LogP contribution is 2.28. The van der Waals surface area contributed by atoms with Crippen molar-refractivity contribution in [2.24, 2.45) is 5.92 Å². The summed E-state index contributed by atoms with van der Waals surface area (Å²) in [5, 5.41) is 3.75. The molecule has 1 aliphatic heterocycles. The first-order valence-electron chi connectivity index (χ1n) is 8.40. The molecule has 3 nitrogen and oxygen atoms in total. The molecule has 3 unspecified atom stereocenters. The smallest absolute Gasteiger partial charge is 0.0700 e. The van der Waals surface area contributed by atoms with E-state index < -0.39 is 0 Å². The van der Waals surface area contributed by atoms with E-state index in [1.165, 1.54) is 45.2 Å². The van der Waals surface area contributed by atoms with Crippen LogP contribution in [0.1, 0.15) is 52.4 Å². The molecule has 0 aromatic rings. The molecular formula is C16H32N2O. The van der Waals surface area contributed by atoms with Gasteiger partial charge in [0.05, 0.1) is 12.7 Å². The first-order chi connectivity index (χ1) is 9.33. The molecule has 3 atom stereocenters. The van der Waals surface area contributed by atoms with Crippen LogP contribution in [0, 0.1) is 5.92 Å². The molecule has 1 N–H and O–H groups in total. The van der Waals surface area contributed by atoms with Gasteiger partial charge in [-0.05, 0) is 51.1 Å². The van der Waals surface area contributed by atoms with Gasteiger partial charge in [0, 0.05) is 19.1 Å². The van der Waals surface area contributed by atoms with E-state index >= 15 is 0 Å². The average molecular weight is 268 g/mol. The third-order valence-electron chi connectivity index (χ3n) is 4.81. The largest absolute Gasteiger partial charge is 0.376 e. The molecule has 1 saturated heterocycles. The Kier molecular flexibility index (Phi) is 6.62. The lowest BCUT2D eigenvalue weighted by Crippen LogP contribution is -2.43. The van der Waals surface area contributed by atoms with Crippen LogP contribution in [0.4, 0.5) is 0 Å². The number of hydrogen-bond acceptors (Lipinski definition) is 3. The minimum absolute atomic E-state index is 0.478. The van der Waals surface area contributed by atoms with E-state index in [-0.39, 0.29) is 0 Å². The molecule has 0 amide bonds. The third kappa shape index (κ3) is 4.73. The highest BCUT2D eigenvalue weighted by Gasteiger charge is 2.27. The Hall–Kier alpha value is -0.120. The predicted octanol–water partition coefficient (Wildman–Crippen LogP) is 2.66. The summed E-state index contributed by atoms with van der Waals surface area (Å²) in [5.41, 5.74) is 0. The van der Waals surface area contributed by atoms with Gasteiger partial charge in [-0.1, -0.05) is 20.3 Å². The second-order valence-electron chi connectivity index (χ2n) is 6.24. The van der Waals surface area contributed by atoms with Crippen LogP contribution in [-0.2, 0) is 4.74 Å². The van der Waals surface area contributed by atoms with Crippen LogP contribution in [-0.4, -0.2) is 49.8 Å². The summed E-state index contributed by atoms with van der Waals surface area (Å²) in [6.07, 6.45) is 8.51. The molecule has 0 bridgehead atoms. The molecule has 112 valence electrons. The van der Waals surface area contributed by atoms with Gasteiger partial charge >= 0.3 is 0 Å². The quantitative estimate of drug-likeness (QED) is 0.768.